The van der Waals surface area contributed by atoms with Gasteiger partial charge in [-0.2, -0.15) is 0 Å². The Hall–Kier alpha value is -0.580. The molecule has 3 rings (SSSR count). The smallest absolute Gasteiger partial charge is 0.226 e. The topological polar surface area (TPSA) is 54.5 Å². The van der Waals surface area contributed by atoms with E-state index in [4.69, 9.17) is 0 Å². The lowest BCUT2D eigenvalue weighted by molar-refractivity contribution is -0.144. The van der Waals surface area contributed by atoms with Crippen LogP contribution in [0.4, 0.5) is 0 Å². The molecule has 1 spiro atoms. The molecule has 0 bridgehead atoms. The van der Waals surface area contributed by atoms with E-state index < -0.39 is 9.84 Å². The molecule has 114 valence electrons. The van der Waals surface area contributed by atoms with E-state index in [-0.39, 0.29) is 34.8 Å². The summed E-state index contributed by atoms with van der Waals surface area (Å²) in [4.78, 5) is 14.6. The van der Waals surface area contributed by atoms with E-state index in [2.05, 4.69) is 0 Å². The molecule has 0 aromatic rings. The molecule has 1 heterocycles. The molecule has 1 unspecified atom stereocenters. The number of carbonyl (C=O) groups excluding carboxylic acids is 1. The summed E-state index contributed by atoms with van der Waals surface area (Å²) in [6.07, 6.45) is 4.64. The summed E-state index contributed by atoms with van der Waals surface area (Å²) in [5.41, 5.74) is 0.323. The number of carbonyl (C=O) groups is 1. The first-order valence-electron chi connectivity index (χ1n) is 7.63. The van der Waals surface area contributed by atoms with E-state index in [1.54, 1.807) is 0 Å². The van der Waals surface area contributed by atoms with Gasteiger partial charge in [0.25, 0.3) is 0 Å². The number of amides is 1. The highest BCUT2D eigenvalue weighted by Gasteiger charge is 2.56. The second-order valence-corrected chi connectivity index (χ2v) is 10.4. The Morgan fingerprint density at radius 2 is 1.80 bits per heavy atom. The maximum atomic E-state index is 12.7. The van der Waals surface area contributed by atoms with Crippen LogP contribution in [0.5, 0.6) is 0 Å². The van der Waals surface area contributed by atoms with Crippen molar-refractivity contribution < 1.29 is 13.2 Å². The molecule has 2 aliphatic carbocycles. The lowest BCUT2D eigenvalue weighted by Crippen LogP contribution is -2.58. The normalized spacial score (nSPS) is 31.9. The molecule has 3 aliphatic rings. The van der Waals surface area contributed by atoms with Crippen LogP contribution in [-0.2, 0) is 14.6 Å². The Morgan fingerprint density at radius 1 is 1.20 bits per heavy atom. The van der Waals surface area contributed by atoms with Gasteiger partial charge in [0.2, 0.25) is 5.91 Å². The fraction of sp³-hybridized carbons (Fsp3) is 0.933. The van der Waals surface area contributed by atoms with Crippen molar-refractivity contribution in [2.24, 2.45) is 16.7 Å². The Morgan fingerprint density at radius 3 is 2.30 bits per heavy atom. The number of sulfone groups is 1. The first-order chi connectivity index (χ1) is 9.12. The lowest BCUT2D eigenvalue weighted by Gasteiger charge is -2.46. The molecule has 3 fully saturated rings. The van der Waals surface area contributed by atoms with Crippen molar-refractivity contribution in [3.63, 3.8) is 0 Å². The molecule has 0 aromatic heterocycles. The van der Waals surface area contributed by atoms with Crippen LogP contribution in [-0.4, -0.2) is 43.3 Å². The molecular formula is C15H25NO3S. The molecule has 1 saturated heterocycles. The van der Waals surface area contributed by atoms with Gasteiger partial charge in [-0.15, -0.1) is 0 Å². The van der Waals surface area contributed by atoms with Crippen LogP contribution >= 0.6 is 0 Å². The quantitative estimate of drug-likeness (QED) is 0.742. The van der Waals surface area contributed by atoms with Crippen molar-refractivity contribution in [2.75, 3.05) is 18.1 Å². The first kappa shape index (κ1) is 14.4. The third kappa shape index (κ3) is 2.49. The molecule has 1 aliphatic heterocycles. The van der Waals surface area contributed by atoms with Gasteiger partial charge in [0, 0.05) is 12.5 Å². The minimum atomic E-state index is -3.00. The molecule has 1 amide bonds. The van der Waals surface area contributed by atoms with Gasteiger partial charge in [0.15, 0.2) is 9.84 Å². The van der Waals surface area contributed by atoms with Crippen molar-refractivity contribution in [1.29, 1.82) is 0 Å². The second kappa shape index (κ2) is 4.21. The molecule has 4 nitrogen and oxygen atoms in total. The SMILES string of the molecule is CC(C)(C)C1CS(=O)(=O)CCN1C(=O)C1CC2(CC2)C1. The van der Waals surface area contributed by atoms with Gasteiger partial charge in [0.05, 0.1) is 17.5 Å². The van der Waals surface area contributed by atoms with Crippen LogP contribution in [0.2, 0.25) is 0 Å². The van der Waals surface area contributed by atoms with E-state index in [0.717, 1.165) is 12.8 Å². The van der Waals surface area contributed by atoms with Crippen LogP contribution < -0.4 is 0 Å². The Bertz CT molecular complexity index is 520. The second-order valence-electron chi connectivity index (χ2n) is 8.13. The maximum absolute atomic E-state index is 12.7. The van der Waals surface area contributed by atoms with Gasteiger partial charge in [-0.05, 0) is 36.5 Å². The van der Waals surface area contributed by atoms with E-state index in [1.165, 1.54) is 12.8 Å². The van der Waals surface area contributed by atoms with Crippen LogP contribution in [0.15, 0.2) is 0 Å². The molecule has 0 aromatic carbocycles. The minimum absolute atomic E-state index is 0.125. The minimum Gasteiger partial charge on any atom is -0.337 e. The predicted molar refractivity (Wildman–Crippen MR) is 78.0 cm³/mol. The number of rotatable bonds is 1. The zero-order valence-electron chi connectivity index (χ0n) is 12.7. The van der Waals surface area contributed by atoms with E-state index in [9.17, 15) is 13.2 Å². The average Bonchev–Trinajstić information content (AvgIpc) is 3.03. The third-order valence-electron chi connectivity index (χ3n) is 5.38. The Kier molecular flexibility index (Phi) is 3.03. The summed E-state index contributed by atoms with van der Waals surface area (Å²) in [6.45, 7) is 6.47. The highest BCUT2D eigenvalue weighted by molar-refractivity contribution is 7.91. The predicted octanol–water partition coefficient (Wildman–Crippen LogP) is 1.85. The number of hydrogen-bond donors (Lipinski definition) is 0. The van der Waals surface area contributed by atoms with Crippen LogP contribution in [0, 0.1) is 16.7 Å². The van der Waals surface area contributed by atoms with Gasteiger partial charge in [-0.3, -0.25) is 4.79 Å². The summed E-state index contributed by atoms with van der Waals surface area (Å²) in [5.74, 6) is 0.615. The zero-order valence-corrected chi connectivity index (χ0v) is 13.5. The summed E-state index contributed by atoms with van der Waals surface area (Å²) in [5, 5.41) is 0. The fourth-order valence-electron chi connectivity index (χ4n) is 3.77. The first-order valence-corrected chi connectivity index (χ1v) is 9.45. The van der Waals surface area contributed by atoms with Gasteiger partial charge in [-0.1, -0.05) is 20.8 Å². The standard InChI is InChI=1S/C15H25NO3S/c1-14(2,3)12-10-20(18,19)7-6-16(12)13(17)11-8-15(9-11)4-5-15/h11-12H,4-10H2,1-3H3. The van der Waals surface area contributed by atoms with Crippen LogP contribution in [0.3, 0.4) is 0 Å². The lowest BCUT2D eigenvalue weighted by atomic mass is 9.71. The maximum Gasteiger partial charge on any atom is 0.226 e. The van der Waals surface area contributed by atoms with Gasteiger partial charge >= 0.3 is 0 Å². The van der Waals surface area contributed by atoms with Crippen molar-refractivity contribution in [3.8, 4) is 0 Å². The summed E-state index contributed by atoms with van der Waals surface area (Å²) < 4.78 is 23.8. The molecule has 2 saturated carbocycles. The average molecular weight is 299 g/mol. The Labute approximate surface area is 121 Å². The van der Waals surface area contributed by atoms with Crippen molar-refractivity contribution in [3.05, 3.63) is 0 Å². The molecule has 0 radical (unpaired) electrons. The molecular weight excluding hydrogens is 274 g/mol. The monoisotopic (exact) mass is 299 g/mol. The van der Waals surface area contributed by atoms with E-state index >= 15 is 0 Å². The van der Waals surface area contributed by atoms with Crippen LogP contribution in [0.1, 0.15) is 46.5 Å². The van der Waals surface area contributed by atoms with Crippen molar-refractivity contribution in [2.45, 2.75) is 52.5 Å². The van der Waals surface area contributed by atoms with Gasteiger partial charge in [0.1, 0.15) is 0 Å². The zero-order chi connectivity index (χ0) is 14.8. The fourth-order valence-corrected chi connectivity index (χ4v) is 5.57. The van der Waals surface area contributed by atoms with Gasteiger partial charge in [-0.25, -0.2) is 8.42 Å². The van der Waals surface area contributed by atoms with E-state index in [0.29, 0.717) is 12.0 Å². The van der Waals surface area contributed by atoms with E-state index in [1.807, 2.05) is 25.7 Å². The highest BCUT2D eigenvalue weighted by Crippen LogP contribution is 2.63. The van der Waals surface area contributed by atoms with Crippen LogP contribution in [0.25, 0.3) is 0 Å². The summed E-state index contributed by atoms with van der Waals surface area (Å²) >= 11 is 0. The molecule has 20 heavy (non-hydrogen) atoms. The molecule has 1 atom stereocenters. The van der Waals surface area contributed by atoms with Crippen molar-refractivity contribution in [1.82, 2.24) is 4.90 Å². The largest absolute Gasteiger partial charge is 0.337 e. The van der Waals surface area contributed by atoms with Gasteiger partial charge < -0.3 is 4.90 Å². The van der Waals surface area contributed by atoms with Crippen molar-refractivity contribution >= 4 is 15.7 Å². The summed E-state index contributed by atoms with van der Waals surface area (Å²) in [7, 11) is -3.00. The Balaban J connectivity index is 1.74. The number of hydrogen-bond acceptors (Lipinski definition) is 3. The number of nitrogens with zero attached hydrogens (tertiary/aromatic N) is 1. The third-order valence-corrected chi connectivity index (χ3v) is 7.01. The highest BCUT2D eigenvalue weighted by atomic mass is 32.2. The molecule has 0 N–H and O–H groups in total. The molecule has 5 heteroatoms. The summed E-state index contributed by atoms with van der Waals surface area (Å²) in [6, 6.07) is -0.176.